The minimum atomic E-state index is -0.812. The van der Waals surface area contributed by atoms with Gasteiger partial charge in [-0.2, -0.15) is 0 Å². The predicted octanol–water partition coefficient (Wildman–Crippen LogP) is 3.34. The molecule has 0 radical (unpaired) electrons. The van der Waals surface area contributed by atoms with Gasteiger partial charge < -0.3 is 10.4 Å². The van der Waals surface area contributed by atoms with Crippen molar-refractivity contribution in [3.63, 3.8) is 0 Å². The van der Waals surface area contributed by atoms with Crippen LogP contribution in [-0.2, 0) is 10.3 Å². The number of hydrogen-bond donors (Lipinski definition) is 2. The van der Waals surface area contributed by atoms with Gasteiger partial charge in [0.1, 0.15) is 6.04 Å². The van der Waals surface area contributed by atoms with Gasteiger partial charge in [-0.25, -0.2) is 0 Å². The van der Waals surface area contributed by atoms with Crippen LogP contribution in [0.3, 0.4) is 0 Å². The van der Waals surface area contributed by atoms with E-state index in [0.29, 0.717) is 13.1 Å². The third-order valence-corrected chi connectivity index (χ3v) is 5.52. The van der Waals surface area contributed by atoms with Crippen LogP contribution < -0.4 is 5.32 Å². The summed E-state index contributed by atoms with van der Waals surface area (Å²) in [5.74, 6) is -0.812. The quantitative estimate of drug-likeness (QED) is 0.675. The number of carboxylic acids is 1. The van der Waals surface area contributed by atoms with Crippen LogP contribution in [0.2, 0.25) is 0 Å². The van der Waals surface area contributed by atoms with Crippen LogP contribution in [0, 0.1) is 0 Å². The van der Waals surface area contributed by atoms with E-state index in [1.807, 2.05) is 54.6 Å². The van der Waals surface area contributed by atoms with Gasteiger partial charge in [0.15, 0.2) is 0 Å². The fourth-order valence-electron chi connectivity index (χ4n) is 4.31. The summed E-state index contributed by atoms with van der Waals surface area (Å²) < 4.78 is 0. The Balaban J connectivity index is 1.97. The summed E-state index contributed by atoms with van der Waals surface area (Å²) in [7, 11) is 0. The lowest BCUT2D eigenvalue weighted by molar-refractivity contribution is -0.141. The number of carboxylic acid groups (broad SMARTS) is 1. The van der Waals surface area contributed by atoms with Gasteiger partial charge in [0.2, 0.25) is 0 Å². The van der Waals surface area contributed by atoms with Crippen molar-refractivity contribution in [2.75, 3.05) is 19.6 Å². The number of aliphatic carboxylic acids is 1. The Morgan fingerprint density at radius 3 is 1.64 bits per heavy atom. The maximum atomic E-state index is 11.7. The van der Waals surface area contributed by atoms with Crippen LogP contribution in [-0.4, -0.2) is 41.7 Å². The van der Waals surface area contributed by atoms with E-state index in [-0.39, 0.29) is 0 Å². The Bertz CT molecular complexity index is 816. The number of nitrogens with zero attached hydrogens (tertiary/aromatic N) is 1. The van der Waals surface area contributed by atoms with Crippen LogP contribution in [0.5, 0.6) is 0 Å². The van der Waals surface area contributed by atoms with E-state index in [4.69, 9.17) is 0 Å². The molecule has 0 spiro atoms. The van der Waals surface area contributed by atoms with Crippen molar-refractivity contribution in [2.24, 2.45) is 0 Å². The monoisotopic (exact) mass is 372 g/mol. The fraction of sp³-hybridized carbons (Fsp3) is 0.208. The van der Waals surface area contributed by atoms with Crippen LogP contribution in [0.1, 0.15) is 16.7 Å². The average molecular weight is 372 g/mol. The first kappa shape index (κ1) is 18.4. The van der Waals surface area contributed by atoms with Crippen molar-refractivity contribution in [2.45, 2.75) is 11.6 Å². The van der Waals surface area contributed by atoms with Crippen LogP contribution in [0.15, 0.2) is 91.0 Å². The number of nitrogens with one attached hydrogen (secondary N) is 1. The van der Waals surface area contributed by atoms with E-state index >= 15 is 0 Å². The van der Waals surface area contributed by atoms with Gasteiger partial charge in [-0.1, -0.05) is 91.0 Å². The van der Waals surface area contributed by atoms with Crippen molar-refractivity contribution in [3.05, 3.63) is 108 Å². The highest BCUT2D eigenvalue weighted by Gasteiger charge is 2.44. The number of benzene rings is 3. The molecule has 1 aliphatic rings. The first-order valence-electron chi connectivity index (χ1n) is 9.60. The van der Waals surface area contributed by atoms with Gasteiger partial charge in [-0.15, -0.1) is 0 Å². The van der Waals surface area contributed by atoms with E-state index < -0.39 is 17.6 Å². The first-order valence-corrected chi connectivity index (χ1v) is 9.60. The van der Waals surface area contributed by atoms with Gasteiger partial charge in [0, 0.05) is 19.6 Å². The molecule has 1 aliphatic heterocycles. The summed E-state index contributed by atoms with van der Waals surface area (Å²) in [5.41, 5.74) is 2.86. The van der Waals surface area contributed by atoms with Crippen molar-refractivity contribution < 1.29 is 9.90 Å². The van der Waals surface area contributed by atoms with Crippen molar-refractivity contribution in [1.82, 2.24) is 10.2 Å². The highest BCUT2D eigenvalue weighted by atomic mass is 16.4. The average Bonchev–Trinajstić information content (AvgIpc) is 2.77. The molecule has 1 unspecified atom stereocenters. The second-order valence-corrected chi connectivity index (χ2v) is 7.10. The second-order valence-electron chi connectivity index (χ2n) is 7.10. The molecule has 142 valence electrons. The molecule has 3 aromatic carbocycles. The normalized spacial score (nSPS) is 17.9. The molecule has 1 atom stereocenters. The Kier molecular flexibility index (Phi) is 5.24. The van der Waals surface area contributed by atoms with Gasteiger partial charge in [0.05, 0.1) is 5.54 Å². The molecular formula is C24H24N2O2. The summed E-state index contributed by atoms with van der Waals surface area (Å²) in [6.45, 7) is 1.81. The molecule has 4 rings (SSSR count). The maximum Gasteiger partial charge on any atom is 0.322 e. The Labute approximate surface area is 165 Å². The topological polar surface area (TPSA) is 52.6 Å². The number of piperazine rings is 1. The molecule has 0 aromatic heterocycles. The minimum absolute atomic E-state index is 0.425. The van der Waals surface area contributed by atoms with Crippen molar-refractivity contribution in [3.8, 4) is 0 Å². The van der Waals surface area contributed by atoms with Crippen LogP contribution in [0.25, 0.3) is 0 Å². The highest BCUT2D eigenvalue weighted by molar-refractivity contribution is 5.74. The zero-order valence-electron chi connectivity index (χ0n) is 15.7. The van der Waals surface area contributed by atoms with Gasteiger partial charge >= 0.3 is 5.97 Å². The molecule has 1 heterocycles. The summed E-state index contributed by atoms with van der Waals surface area (Å²) in [5, 5.41) is 12.8. The van der Waals surface area contributed by atoms with E-state index in [1.165, 1.54) is 0 Å². The lowest BCUT2D eigenvalue weighted by Crippen LogP contribution is -2.61. The molecular weight excluding hydrogens is 348 g/mol. The van der Waals surface area contributed by atoms with Gasteiger partial charge in [0.25, 0.3) is 0 Å². The van der Waals surface area contributed by atoms with E-state index in [9.17, 15) is 9.90 Å². The lowest BCUT2D eigenvalue weighted by Gasteiger charge is -2.48. The summed E-state index contributed by atoms with van der Waals surface area (Å²) in [4.78, 5) is 14.1. The molecule has 0 aliphatic carbocycles. The summed E-state index contributed by atoms with van der Waals surface area (Å²) in [6, 6.07) is 30.6. The highest BCUT2D eigenvalue weighted by Crippen LogP contribution is 2.42. The third-order valence-electron chi connectivity index (χ3n) is 5.52. The zero-order chi connectivity index (χ0) is 19.4. The van der Waals surface area contributed by atoms with Gasteiger partial charge in [-0.05, 0) is 16.7 Å². The largest absolute Gasteiger partial charge is 0.480 e. The van der Waals surface area contributed by atoms with Crippen LogP contribution in [0.4, 0.5) is 0 Å². The molecule has 1 fully saturated rings. The number of hydrogen-bond acceptors (Lipinski definition) is 3. The third kappa shape index (κ3) is 3.21. The van der Waals surface area contributed by atoms with E-state index in [2.05, 4.69) is 46.6 Å². The molecule has 0 amide bonds. The van der Waals surface area contributed by atoms with Crippen molar-refractivity contribution in [1.29, 1.82) is 0 Å². The predicted molar refractivity (Wildman–Crippen MR) is 110 cm³/mol. The van der Waals surface area contributed by atoms with Crippen LogP contribution >= 0.6 is 0 Å². The molecule has 3 aromatic rings. The molecule has 4 nitrogen and oxygen atoms in total. The Hall–Kier alpha value is -2.95. The minimum Gasteiger partial charge on any atom is -0.480 e. The molecule has 2 N–H and O–H groups in total. The summed E-state index contributed by atoms with van der Waals surface area (Å²) >= 11 is 0. The molecule has 0 bridgehead atoms. The SMILES string of the molecule is O=C(O)C1CN(C(c2ccccc2)(c2ccccc2)c2ccccc2)CCN1. The van der Waals surface area contributed by atoms with Crippen molar-refractivity contribution >= 4 is 5.97 Å². The first-order chi connectivity index (χ1) is 13.7. The number of rotatable bonds is 5. The Morgan fingerprint density at radius 1 is 0.821 bits per heavy atom. The summed E-state index contributed by atoms with van der Waals surface area (Å²) in [6.07, 6.45) is 0. The molecule has 1 saturated heterocycles. The standard InChI is InChI=1S/C24H24N2O2/c27-23(28)22-18-26(17-16-25-22)24(19-10-4-1-5-11-19,20-12-6-2-7-13-20)21-14-8-3-9-15-21/h1-15,22,25H,16-18H2,(H,27,28). The molecule has 4 heteroatoms. The Morgan fingerprint density at radius 2 is 1.25 bits per heavy atom. The second kappa shape index (κ2) is 7.97. The molecule has 0 saturated carbocycles. The van der Waals surface area contributed by atoms with E-state index in [0.717, 1.165) is 23.2 Å². The van der Waals surface area contributed by atoms with E-state index in [1.54, 1.807) is 0 Å². The molecule has 28 heavy (non-hydrogen) atoms. The van der Waals surface area contributed by atoms with Gasteiger partial charge in [-0.3, -0.25) is 9.69 Å². The number of carbonyl (C=O) groups is 1. The maximum absolute atomic E-state index is 11.7. The zero-order valence-corrected chi connectivity index (χ0v) is 15.7. The smallest absolute Gasteiger partial charge is 0.322 e. The fourth-order valence-corrected chi connectivity index (χ4v) is 4.31. The lowest BCUT2D eigenvalue weighted by atomic mass is 9.75.